The van der Waals surface area contributed by atoms with Crippen molar-refractivity contribution in [3.05, 3.63) is 29.3 Å². The summed E-state index contributed by atoms with van der Waals surface area (Å²) in [6, 6.07) is 5.36. The molecule has 4 amide bonds. The molecule has 41 heavy (non-hydrogen) atoms. The second-order valence-electron chi connectivity index (χ2n) is 13.0. The number of halogens is 1. The van der Waals surface area contributed by atoms with Gasteiger partial charge in [0.2, 0.25) is 11.8 Å². The summed E-state index contributed by atoms with van der Waals surface area (Å²) in [4.78, 5) is 55.2. The van der Waals surface area contributed by atoms with E-state index in [1.54, 1.807) is 9.80 Å². The summed E-state index contributed by atoms with van der Waals surface area (Å²) in [6.45, 7) is 3.81. The first-order valence-corrected chi connectivity index (χ1v) is 15.5. The van der Waals surface area contributed by atoms with E-state index >= 15 is 0 Å². The summed E-state index contributed by atoms with van der Waals surface area (Å²) in [7, 11) is 0. The normalized spacial score (nSPS) is 30.6. The van der Waals surface area contributed by atoms with E-state index in [4.69, 9.17) is 4.74 Å². The lowest BCUT2D eigenvalue weighted by molar-refractivity contribution is -0.140. The van der Waals surface area contributed by atoms with E-state index in [1.807, 2.05) is 18.2 Å². The number of rotatable bonds is 6. The van der Waals surface area contributed by atoms with Crippen molar-refractivity contribution in [2.45, 2.75) is 94.6 Å². The molecule has 0 bridgehead atoms. The van der Waals surface area contributed by atoms with Gasteiger partial charge in [0.15, 0.2) is 5.67 Å². The van der Waals surface area contributed by atoms with Gasteiger partial charge >= 0.3 is 0 Å². The number of alkyl halides is 1. The van der Waals surface area contributed by atoms with Gasteiger partial charge in [0.25, 0.3) is 11.8 Å². The Balaban J connectivity index is 0.940. The van der Waals surface area contributed by atoms with Crippen LogP contribution in [-0.4, -0.2) is 88.4 Å². The molecule has 4 heterocycles. The van der Waals surface area contributed by atoms with Gasteiger partial charge in [-0.1, -0.05) is 6.42 Å². The highest BCUT2D eigenvalue weighted by Crippen LogP contribution is 2.43. The average Bonchev–Trinajstić information content (AvgIpc) is 3.62. The van der Waals surface area contributed by atoms with Gasteiger partial charge in [0, 0.05) is 50.7 Å². The number of imide groups is 1. The lowest BCUT2D eigenvalue weighted by atomic mass is 9.77. The summed E-state index contributed by atoms with van der Waals surface area (Å²) < 4.78 is 20.8. The maximum Gasteiger partial charge on any atom is 0.260 e. The third kappa shape index (κ3) is 5.02. The Morgan fingerprint density at radius 3 is 2.46 bits per heavy atom. The minimum atomic E-state index is -1.56. The molecule has 0 aromatic heterocycles. The molecular formula is C31H39FN4O5. The molecule has 3 saturated heterocycles. The maximum atomic E-state index is 14.2. The predicted molar refractivity (Wildman–Crippen MR) is 147 cm³/mol. The molecule has 10 heteroatoms. The van der Waals surface area contributed by atoms with E-state index in [0.29, 0.717) is 62.3 Å². The van der Waals surface area contributed by atoms with Gasteiger partial charge in [-0.05, 0) is 87.0 Å². The number of nitrogens with zero attached hydrogens (tertiary/aromatic N) is 3. The number of piperidine rings is 2. The third-order valence-corrected chi connectivity index (χ3v) is 10.4. The molecule has 3 atom stereocenters. The molecule has 220 valence electrons. The van der Waals surface area contributed by atoms with E-state index < -0.39 is 17.6 Å². The summed E-state index contributed by atoms with van der Waals surface area (Å²) >= 11 is 0. The van der Waals surface area contributed by atoms with E-state index in [1.165, 1.54) is 6.42 Å². The van der Waals surface area contributed by atoms with E-state index in [9.17, 15) is 23.6 Å². The molecule has 5 fully saturated rings. The number of hydrogen-bond acceptors (Lipinski definition) is 6. The van der Waals surface area contributed by atoms with Crippen LogP contribution in [0, 0.1) is 11.8 Å². The molecule has 7 rings (SSSR count). The van der Waals surface area contributed by atoms with Crippen LogP contribution in [0.5, 0.6) is 5.75 Å². The van der Waals surface area contributed by atoms with Crippen LogP contribution in [0.2, 0.25) is 0 Å². The number of amides is 4. The van der Waals surface area contributed by atoms with E-state index in [0.717, 1.165) is 56.5 Å². The molecule has 2 aliphatic carbocycles. The van der Waals surface area contributed by atoms with Gasteiger partial charge in [0.05, 0.1) is 0 Å². The average molecular weight is 567 g/mol. The number of fused-ring (bicyclic) bond motifs is 1. The fourth-order valence-corrected chi connectivity index (χ4v) is 7.73. The molecule has 1 aromatic carbocycles. The topological polar surface area (TPSA) is 99.3 Å². The Hall–Kier alpha value is -3.01. The monoisotopic (exact) mass is 566 g/mol. The highest BCUT2D eigenvalue weighted by atomic mass is 19.1. The van der Waals surface area contributed by atoms with E-state index in [-0.39, 0.29) is 30.2 Å². The smallest absolute Gasteiger partial charge is 0.260 e. The minimum Gasteiger partial charge on any atom is -0.489 e. The lowest BCUT2D eigenvalue weighted by Crippen LogP contribution is -2.60. The summed E-state index contributed by atoms with van der Waals surface area (Å²) in [5.74, 6) is 0.830. The second-order valence-corrected chi connectivity index (χ2v) is 13.0. The first-order valence-electron chi connectivity index (χ1n) is 15.5. The zero-order chi connectivity index (χ0) is 28.3. The van der Waals surface area contributed by atoms with E-state index in [2.05, 4.69) is 10.2 Å². The Morgan fingerprint density at radius 2 is 1.73 bits per heavy atom. The van der Waals surface area contributed by atoms with Crippen molar-refractivity contribution in [1.82, 2.24) is 20.0 Å². The minimum absolute atomic E-state index is 0.0878. The van der Waals surface area contributed by atoms with Gasteiger partial charge in [-0.15, -0.1) is 0 Å². The van der Waals surface area contributed by atoms with Crippen molar-refractivity contribution >= 4 is 23.6 Å². The fourth-order valence-electron chi connectivity index (χ4n) is 7.73. The lowest BCUT2D eigenvalue weighted by Gasteiger charge is -2.51. The third-order valence-electron chi connectivity index (χ3n) is 10.4. The first-order chi connectivity index (χ1) is 19.8. The molecule has 1 unspecified atom stereocenters. The van der Waals surface area contributed by atoms with Crippen LogP contribution < -0.4 is 10.1 Å². The van der Waals surface area contributed by atoms with Crippen LogP contribution in [0.25, 0.3) is 0 Å². The molecule has 1 aromatic rings. The van der Waals surface area contributed by atoms with Crippen molar-refractivity contribution in [2.75, 3.05) is 26.2 Å². The zero-order valence-electron chi connectivity index (χ0n) is 23.5. The Kier molecular flexibility index (Phi) is 6.79. The number of carbonyl (C=O) groups is 4. The maximum absolute atomic E-state index is 14.2. The molecule has 2 saturated carbocycles. The zero-order valence-corrected chi connectivity index (χ0v) is 23.5. The van der Waals surface area contributed by atoms with Gasteiger partial charge < -0.3 is 14.5 Å². The number of benzene rings is 1. The molecule has 0 spiro atoms. The second kappa shape index (κ2) is 10.4. The quantitative estimate of drug-likeness (QED) is 0.532. The molecule has 1 N–H and O–H groups in total. The standard InChI is InChI=1S/C31H39FN4O5/c32-31(11-12-31)30(40)34-13-9-19(10-14-34)21-16-35(17-21)24-3-1-2-4-26(24)41-22-5-6-23-20(15-22)18-36(29(23)39)25-7-8-27(37)33-28(25)38/h5-6,15,19,21,24-26H,1-4,7-14,16-18H2,(H,33,37,38)/t24-,25?,26-/m1/s1. The number of likely N-dealkylation sites (tertiary alicyclic amines) is 2. The number of carbonyl (C=O) groups excluding carboxylic acids is 4. The number of nitrogens with one attached hydrogen (secondary N) is 1. The molecular weight excluding hydrogens is 527 g/mol. The van der Waals surface area contributed by atoms with Crippen LogP contribution >= 0.6 is 0 Å². The van der Waals surface area contributed by atoms with Crippen molar-refractivity contribution in [3.8, 4) is 5.75 Å². The predicted octanol–water partition coefficient (Wildman–Crippen LogP) is 2.81. The molecule has 0 radical (unpaired) electrons. The first kappa shape index (κ1) is 26.9. The van der Waals surface area contributed by atoms with Crippen LogP contribution in [0.15, 0.2) is 18.2 Å². The van der Waals surface area contributed by atoms with Crippen LogP contribution in [-0.2, 0) is 20.9 Å². The van der Waals surface area contributed by atoms with Gasteiger partial charge in [-0.2, -0.15) is 0 Å². The van der Waals surface area contributed by atoms with Gasteiger partial charge in [0.1, 0.15) is 17.9 Å². The fraction of sp³-hybridized carbons (Fsp3) is 0.677. The van der Waals surface area contributed by atoms with Gasteiger partial charge in [-0.25, -0.2) is 4.39 Å². The molecule has 4 aliphatic heterocycles. The van der Waals surface area contributed by atoms with Crippen LogP contribution in [0.1, 0.15) is 80.1 Å². The highest BCUT2D eigenvalue weighted by Gasteiger charge is 2.53. The van der Waals surface area contributed by atoms with Crippen molar-refractivity contribution in [2.24, 2.45) is 11.8 Å². The summed E-state index contributed by atoms with van der Waals surface area (Å²) in [6.07, 6.45) is 7.81. The van der Waals surface area contributed by atoms with Crippen molar-refractivity contribution in [3.63, 3.8) is 0 Å². The van der Waals surface area contributed by atoms with Crippen LogP contribution in [0.4, 0.5) is 4.39 Å². The largest absolute Gasteiger partial charge is 0.489 e. The summed E-state index contributed by atoms with van der Waals surface area (Å²) in [5.41, 5.74) is -0.102. The Morgan fingerprint density at radius 1 is 0.976 bits per heavy atom. The number of ether oxygens (including phenoxy) is 1. The number of hydrogen-bond donors (Lipinski definition) is 1. The van der Waals surface area contributed by atoms with Gasteiger partial charge in [-0.3, -0.25) is 29.4 Å². The molecule has 6 aliphatic rings. The Bertz CT molecular complexity index is 1250. The van der Waals surface area contributed by atoms with Crippen LogP contribution in [0.3, 0.4) is 0 Å². The van der Waals surface area contributed by atoms with Crippen molar-refractivity contribution in [1.29, 1.82) is 0 Å². The molecule has 9 nitrogen and oxygen atoms in total. The summed E-state index contributed by atoms with van der Waals surface area (Å²) in [5, 5.41) is 2.35. The van der Waals surface area contributed by atoms with Crippen molar-refractivity contribution < 1.29 is 28.3 Å². The SMILES string of the molecule is O=C1CCC(N2Cc3cc(O[C@@H]4CCCC[C@H]4N4CC(C5CCN(C(=O)C6(F)CC6)CC5)C4)ccc3C2=O)C(=O)N1. The highest BCUT2D eigenvalue weighted by molar-refractivity contribution is 6.05. The Labute approximate surface area is 239 Å².